The molecule has 0 unspecified atom stereocenters. The van der Waals surface area contributed by atoms with Crippen molar-refractivity contribution in [2.45, 2.75) is 13.3 Å². The van der Waals surface area contributed by atoms with Crippen molar-refractivity contribution in [1.29, 1.82) is 0 Å². The minimum absolute atomic E-state index is 0.0597. The molecule has 1 N–H and O–H groups in total. The fraction of sp³-hybridized carbons (Fsp3) is 0.167. The van der Waals surface area contributed by atoms with Crippen LogP contribution in [-0.2, 0) is 0 Å². The Morgan fingerprint density at radius 2 is 2.04 bits per heavy atom. The van der Waals surface area contributed by atoms with Crippen molar-refractivity contribution in [2.24, 2.45) is 0 Å². The van der Waals surface area contributed by atoms with Crippen molar-refractivity contribution >= 4 is 22.8 Å². The molecule has 1 aromatic carbocycles. The number of carbonyl (C=O) groups is 2. The second kappa shape index (κ2) is 7.04. The maximum absolute atomic E-state index is 12.0. The predicted molar refractivity (Wildman–Crippen MR) is 88.8 cm³/mol. The Labute approximate surface area is 142 Å². The first-order chi connectivity index (χ1) is 12.1. The maximum Gasteiger partial charge on any atom is 0.379 e. The summed E-state index contributed by atoms with van der Waals surface area (Å²) in [5, 5.41) is 3.17. The Balaban J connectivity index is 1.87. The highest BCUT2D eigenvalue weighted by atomic mass is 16.5. The molecule has 0 radical (unpaired) electrons. The Kier molecular flexibility index (Phi) is 4.65. The lowest BCUT2D eigenvalue weighted by Crippen LogP contribution is -2.28. The minimum Gasteiger partial charge on any atom is -0.457 e. The Morgan fingerprint density at radius 1 is 1.20 bits per heavy atom. The van der Waals surface area contributed by atoms with E-state index in [1.807, 2.05) is 6.92 Å². The van der Waals surface area contributed by atoms with Crippen LogP contribution in [0.1, 0.15) is 34.3 Å². The third-order valence-electron chi connectivity index (χ3n) is 3.42. The van der Waals surface area contributed by atoms with Gasteiger partial charge in [0, 0.05) is 18.0 Å². The van der Waals surface area contributed by atoms with Gasteiger partial charge < -0.3 is 18.9 Å². The number of hydrogen-bond acceptors (Lipinski definition) is 6. The van der Waals surface area contributed by atoms with E-state index in [1.54, 1.807) is 12.1 Å². The first kappa shape index (κ1) is 16.5. The molecule has 0 aliphatic heterocycles. The lowest BCUT2D eigenvalue weighted by Gasteiger charge is -2.06. The van der Waals surface area contributed by atoms with Crippen molar-refractivity contribution < 1.29 is 23.2 Å². The van der Waals surface area contributed by atoms with Crippen LogP contribution >= 0.6 is 0 Å². The van der Waals surface area contributed by atoms with Crippen LogP contribution in [0.4, 0.5) is 0 Å². The average Bonchev–Trinajstić information content (AvgIpc) is 3.13. The molecule has 0 aliphatic rings. The van der Waals surface area contributed by atoms with E-state index in [9.17, 15) is 14.4 Å². The van der Waals surface area contributed by atoms with Crippen LogP contribution in [0.3, 0.4) is 0 Å². The van der Waals surface area contributed by atoms with Crippen molar-refractivity contribution in [3.63, 3.8) is 0 Å². The molecular formula is C18H15NO6. The molecule has 0 atom stereocenters. The summed E-state index contributed by atoms with van der Waals surface area (Å²) < 4.78 is 15.3. The van der Waals surface area contributed by atoms with Gasteiger partial charge in [0.15, 0.2) is 0 Å². The molecule has 0 aliphatic carbocycles. The van der Waals surface area contributed by atoms with E-state index >= 15 is 0 Å². The molecule has 3 rings (SSSR count). The van der Waals surface area contributed by atoms with E-state index in [-0.39, 0.29) is 22.7 Å². The van der Waals surface area contributed by atoms with Crippen LogP contribution in [0, 0.1) is 0 Å². The molecule has 0 fully saturated rings. The van der Waals surface area contributed by atoms with Gasteiger partial charge in [-0.3, -0.25) is 4.79 Å². The predicted octanol–water partition coefficient (Wildman–Crippen LogP) is 2.75. The van der Waals surface area contributed by atoms with Gasteiger partial charge in [-0.2, -0.15) is 0 Å². The maximum atomic E-state index is 12.0. The minimum atomic E-state index is -0.754. The summed E-state index contributed by atoms with van der Waals surface area (Å²) in [4.78, 5) is 35.8. The second-order valence-electron chi connectivity index (χ2n) is 5.27. The molecule has 0 saturated heterocycles. The topological polar surface area (TPSA) is 98.8 Å². The van der Waals surface area contributed by atoms with Gasteiger partial charge in [-0.1, -0.05) is 6.92 Å². The van der Waals surface area contributed by atoms with Crippen LogP contribution in [0.5, 0.6) is 5.75 Å². The molecule has 25 heavy (non-hydrogen) atoms. The van der Waals surface area contributed by atoms with Gasteiger partial charge in [-0.05, 0) is 36.8 Å². The fourth-order valence-electron chi connectivity index (χ4n) is 2.20. The van der Waals surface area contributed by atoms with Gasteiger partial charge in [0.2, 0.25) is 5.76 Å². The zero-order valence-electron chi connectivity index (χ0n) is 13.4. The largest absolute Gasteiger partial charge is 0.457 e. The van der Waals surface area contributed by atoms with Gasteiger partial charge in [-0.25, -0.2) is 9.59 Å². The number of amides is 1. The number of rotatable bonds is 5. The molecule has 0 bridgehead atoms. The van der Waals surface area contributed by atoms with Crippen LogP contribution in [0.2, 0.25) is 0 Å². The lowest BCUT2D eigenvalue weighted by molar-refractivity contribution is 0.0701. The highest BCUT2D eigenvalue weighted by Crippen LogP contribution is 2.21. The monoisotopic (exact) mass is 341 g/mol. The van der Waals surface area contributed by atoms with E-state index in [4.69, 9.17) is 13.6 Å². The highest BCUT2D eigenvalue weighted by Gasteiger charge is 2.15. The van der Waals surface area contributed by atoms with Crippen LogP contribution in [0.25, 0.3) is 11.0 Å². The van der Waals surface area contributed by atoms with E-state index in [1.165, 1.54) is 30.5 Å². The summed E-state index contributed by atoms with van der Waals surface area (Å²) in [5.74, 6) is -0.891. The summed E-state index contributed by atoms with van der Waals surface area (Å²) in [5.41, 5.74) is -0.612. The Bertz CT molecular complexity index is 971. The van der Waals surface area contributed by atoms with Crippen LogP contribution < -0.4 is 15.7 Å². The molecule has 2 aromatic heterocycles. The number of furan rings is 1. The number of benzene rings is 1. The Hall–Kier alpha value is -3.35. The molecular weight excluding hydrogens is 326 g/mol. The number of carbonyl (C=O) groups excluding carboxylic acids is 2. The number of nitrogens with one attached hydrogen (secondary N) is 1. The number of esters is 1. The van der Waals surface area contributed by atoms with Crippen LogP contribution in [0.15, 0.2) is 56.3 Å². The van der Waals surface area contributed by atoms with Crippen molar-refractivity contribution in [1.82, 2.24) is 5.32 Å². The molecule has 0 saturated carbocycles. The smallest absolute Gasteiger partial charge is 0.379 e. The second-order valence-corrected chi connectivity index (χ2v) is 5.27. The summed E-state index contributed by atoms with van der Waals surface area (Å²) in [6.45, 7) is 2.38. The van der Waals surface area contributed by atoms with E-state index in [0.29, 0.717) is 11.9 Å². The standard InChI is InChI=1S/C18H15NO6/c1-2-7-19-16(20)13-9-11-5-6-12(10-15(11)25-17(13)21)24-18(22)14-4-3-8-23-14/h3-6,8-10H,2,7H2,1H3,(H,19,20). The van der Waals surface area contributed by atoms with E-state index in [0.717, 1.165) is 6.42 Å². The molecule has 2 heterocycles. The van der Waals surface area contributed by atoms with Crippen LogP contribution in [-0.4, -0.2) is 18.4 Å². The molecule has 0 spiro atoms. The highest BCUT2D eigenvalue weighted by molar-refractivity contribution is 5.97. The Morgan fingerprint density at radius 3 is 2.76 bits per heavy atom. The third kappa shape index (κ3) is 3.60. The normalized spacial score (nSPS) is 10.6. The van der Waals surface area contributed by atoms with Crippen molar-refractivity contribution in [2.75, 3.05) is 6.54 Å². The van der Waals surface area contributed by atoms with Crippen molar-refractivity contribution in [3.05, 3.63) is 64.4 Å². The SMILES string of the molecule is CCCNC(=O)c1cc2ccc(OC(=O)c3ccco3)cc2oc1=O. The van der Waals surface area contributed by atoms with Crippen molar-refractivity contribution in [3.8, 4) is 5.75 Å². The molecule has 7 nitrogen and oxygen atoms in total. The molecule has 3 aromatic rings. The van der Waals surface area contributed by atoms with Gasteiger partial charge in [0.25, 0.3) is 5.91 Å². The first-order valence-corrected chi connectivity index (χ1v) is 7.70. The molecule has 1 amide bonds. The summed E-state index contributed by atoms with van der Waals surface area (Å²) >= 11 is 0. The molecule has 7 heteroatoms. The lowest BCUT2D eigenvalue weighted by atomic mass is 10.1. The quantitative estimate of drug-likeness (QED) is 0.435. The average molecular weight is 341 g/mol. The van der Waals surface area contributed by atoms with Gasteiger partial charge in [0.1, 0.15) is 16.9 Å². The van der Waals surface area contributed by atoms with E-state index < -0.39 is 17.5 Å². The fourth-order valence-corrected chi connectivity index (χ4v) is 2.20. The first-order valence-electron chi connectivity index (χ1n) is 7.70. The van der Waals surface area contributed by atoms with Gasteiger partial charge in [-0.15, -0.1) is 0 Å². The zero-order valence-corrected chi connectivity index (χ0v) is 13.4. The summed E-state index contributed by atoms with van der Waals surface area (Å²) in [6, 6.07) is 9.04. The number of ether oxygens (including phenoxy) is 1. The number of fused-ring (bicyclic) bond motifs is 1. The van der Waals surface area contributed by atoms with E-state index in [2.05, 4.69) is 5.32 Å². The number of hydrogen-bond donors (Lipinski definition) is 1. The molecule has 128 valence electrons. The van der Waals surface area contributed by atoms with Gasteiger partial charge >= 0.3 is 11.6 Å². The summed E-state index contributed by atoms with van der Waals surface area (Å²) in [7, 11) is 0. The summed E-state index contributed by atoms with van der Waals surface area (Å²) in [6.07, 6.45) is 2.12. The van der Waals surface area contributed by atoms with Gasteiger partial charge in [0.05, 0.1) is 6.26 Å². The zero-order chi connectivity index (χ0) is 17.8. The third-order valence-corrected chi connectivity index (χ3v) is 3.42.